The van der Waals surface area contributed by atoms with Crippen LogP contribution in [0.15, 0.2) is 63.0 Å². The first-order valence-electron chi connectivity index (χ1n) is 10.4. The first kappa shape index (κ1) is 23.4. The Morgan fingerprint density at radius 3 is 2.25 bits per heavy atom. The summed E-state index contributed by atoms with van der Waals surface area (Å²) in [5.41, 5.74) is -0.00788. The lowest BCUT2D eigenvalue weighted by molar-refractivity contribution is -0.121. The summed E-state index contributed by atoms with van der Waals surface area (Å²) in [6, 6.07) is 12.9. The van der Waals surface area contributed by atoms with Crippen molar-refractivity contribution in [3.63, 3.8) is 0 Å². The number of nitrogens with zero attached hydrogens (tertiary/aromatic N) is 2. The van der Waals surface area contributed by atoms with Crippen molar-refractivity contribution < 1.29 is 13.2 Å². The summed E-state index contributed by atoms with van der Waals surface area (Å²) in [5.74, 6) is -0.300. The zero-order valence-corrected chi connectivity index (χ0v) is 18.8. The van der Waals surface area contributed by atoms with E-state index in [1.807, 2.05) is 0 Å². The number of carbonyl (C=O) groups is 1. The van der Waals surface area contributed by atoms with E-state index >= 15 is 0 Å². The predicted molar refractivity (Wildman–Crippen MR) is 122 cm³/mol. The number of fused-ring (bicyclic) bond motifs is 1. The van der Waals surface area contributed by atoms with Crippen molar-refractivity contribution in [1.29, 1.82) is 0 Å². The van der Waals surface area contributed by atoms with Crippen LogP contribution in [0.5, 0.6) is 0 Å². The maximum Gasteiger partial charge on any atom is 0.273 e. The fourth-order valence-corrected chi connectivity index (χ4v) is 4.86. The largest absolute Gasteiger partial charge is 0.352 e. The third-order valence-electron chi connectivity index (χ3n) is 5.20. The molecule has 1 amide bonds. The van der Waals surface area contributed by atoms with Crippen LogP contribution in [0, 0.1) is 0 Å². The minimum Gasteiger partial charge on any atom is -0.352 e. The van der Waals surface area contributed by atoms with E-state index in [1.54, 1.807) is 50.2 Å². The van der Waals surface area contributed by atoms with E-state index in [9.17, 15) is 22.8 Å². The molecule has 32 heavy (non-hydrogen) atoms. The van der Waals surface area contributed by atoms with Gasteiger partial charge in [-0.15, -0.1) is 0 Å². The van der Waals surface area contributed by atoms with Gasteiger partial charge < -0.3 is 5.32 Å². The fraction of sp³-hybridized carbons (Fsp3) is 0.318. The van der Waals surface area contributed by atoms with E-state index in [4.69, 9.17) is 0 Å². The number of benzene rings is 2. The summed E-state index contributed by atoms with van der Waals surface area (Å²) in [6.45, 7) is 4.60. The van der Waals surface area contributed by atoms with Crippen molar-refractivity contribution in [3.05, 3.63) is 74.8 Å². The summed E-state index contributed by atoms with van der Waals surface area (Å²) in [4.78, 5) is 37.0. The van der Waals surface area contributed by atoms with Gasteiger partial charge in [0.2, 0.25) is 15.9 Å². The minimum absolute atomic E-state index is 0.00259. The molecule has 0 fully saturated rings. The Balaban J connectivity index is 1.60. The molecule has 0 bridgehead atoms. The molecule has 0 atom stereocenters. The maximum atomic E-state index is 12.5. The van der Waals surface area contributed by atoms with Gasteiger partial charge in [-0.1, -0.05) is 38.1 Å². The molecule has 0 saturated heterocycles. The van der Waals surface area contributed by atoms with E-state index < -0.39 is 10.0 Å². The lowest BCUT2D eigenvalue weighted by Gasteiger charge is -2.18. The van der Waals surface area contributed by atoms with Crippen LogP contribution in [0.3, 0.4) is 0 Å². The summed E-state index contributed by atoms with van der Waals surface area (Å²) < 4.78 is 27.6. The summed E-state index contributed by atoms with van der Waals surface area (Å²) in [7, 11) is -3.53. The molecular weight excluding hydrogens is 432 g/mol. The van der Waals surface area contributed by atoms with Crippen molar-refractivity contribution in [2.75, 3.05) is 13.1 Å². The highest BCUT2D eigenvalue weighted by Gasteiger charge is 2.21. The predicted octanol–water partition coefficient (Wildman–Crippen LogP) is 1.43. The van der Waals surface area contributed by atoms with E-state index in [0.717, 1.165) is 10.2 Å². The van der Waals surface area contributed by atoms with Crippen LogP contribution in [-0.4, -0.2) is 41.5 Å². The van der Waals surface area contributed by atoms with Crippen molar-refractivity contribution >= 4 is 26.7 Å². The number of sulfonamides is 1. The van der Waals surface area contributed by atoms with Crippen LogP contribution < -0.4 is 16.4 Å². The molecule has 3 aromatic rings. The average Bonchev–Trinajstić information content (AvgIpc) is 2.80. The molecular formula is C22H26N4O5S. The molecule has 10 heteroatoms. The first-order valence-corrected chi connectivity index (χ1v) is 11.8. The van der Waals surface area contributed by atoms with Gasteiger partial charge in [0, 0.05) is 26.1 Å². The van der Waals surface area contributed by atoms with Gasteiger partial charge in [-0.3, -0.25) is 19.5 Å². The number of nitrogens with one attached hydrogen (secondary N) is 2. The quantitative estimate of drug-likeness (QED) is 0.502. The van der Waals surface area contributed by atoms with Gasteiger partial charge in [0.25, 0.3) is 11.1 Å². The van der Waals surface area contributed by atoms with E-state index in [-0.39, 0.29) is 41.4 Å². The highest BCUT2D eigenvalue weighted by Crippen LogP contribution is 2.16. The van der Waals surface area contributed by atoms with Crippen molar-refractivity contribution in [3.8, 4) is 0 Å². The van der Waals surface area contributed by atoms with Crippen LogP contribution in [0.2, 0.25) is 0 Å². The van der Waals surface area contributed by atoms with Gasteiger partial charge in [-0.25, -0.2) is 13.1 Å². The van der Waals surface area contributed by atoms with Gasteiger partial charge in [0.15, 0.2) is 0 Å². The Morgan fingerprint density at radius 2 is 1.62 bits per heavy atom. The smallest absolute Gasteiger partial charge is 0.273 e. The van der Waals surface area contributed by atoms with Crippen LogP contribution in [0.4, 0.5) is 0 Å². The first-order chi connectivity index (χ1) is 15.3. The molecule has 1 aromatic heterocycles. The topological polar surface area (TPSA) is 121 Å². The molecule has 9 nitrogen and oxygen atoms in total. The van der Waals surface area contributed by atoms with Crippen molar-refractivity contribution in [2.45, 2.75) is 38.3 Å². The molecule has 0 aliphatic rings. The highest BCUT2D eigenvalue weighted by molar-refractivity contribution is 7.89. The number of H-pyrrole nitrogens is 1. The van der Waals surface area contributed by atoms with Crippen LogP contribution in [0.25, 0.3) is 10.8 Å². The molecule has 0 radical (unpaired) electrons. The molecule has 0 saturated carbocycles. The summed E-state index contributed by atoms with van der Waals surface area (Å²) in [6.07, 6.45) is 0.00259. The fourth-order valence-electron chi connectivity index (χ4n) is 3.40. The number of aromatic nitrogens is 2. The average molecular weight is 459 g/mol. The van der Waals surface area contributed by atoms with Gasteiger partial charge in [-0.05, 0) is 29.8 Å². The zero-order valence-electron chi connectivity index (χ0n) is 18.0. The number of rotatable bonds is 9. The van der Waals surface area contributed by atoms with Gasteiger partial charge in [-0.2, -0.15) is 4.31 Å². The third-order valence-corrected chi connectivity index (χ3v) is 7.27. The second-order valence-corrected chi connectivity index (χ2v) is 9.14. The zero-order chi connectivity index (χ0) is 23.3. The standard InChI is InChI=1S/C22H26N4O5S/c1-3-25(4-2)32(30,31)17-11-9-16(10-12-17)15-23-20(27)13-14-26-22(29)19-8-6-5-7-18(19)21(28)24-26/h5-12H,3-4,13-15H2,1-2H3,(H,23,27)(H,24,28). The SMILES string of the molecule is CCN(CC)S(=O)(=O)c1ccc(CNC(=O)CCn2[nH]c(=O)c3ccccc3c2=O)cc1. The van der Waals surface area contributed by atoms with Crippen molar-refractivity contribution in [1.82, 2.24) is 19.4 Å². The van der Waals surface area contributed by atoms with Gasteiger partial charge >= 0.3 is 0 Å². The summed E-state index contributed by atoms with van der Waals surface area (Å²) >= 11 is 0. The van der Waals surface area contributed by atoms with E-state index in [1.165, 1.54) is 16.4 Å². The normalized spacial score (nSPS) is 11.7. The molecule has 0 aliphatic heterocycles. The second-order valence-electron chi connectivity index (χ2n) is 7.20. The lowest BCUT2D eigenvalue weighted by atomic mass is 10.2. The third kappa shape index (κ3) is 4.97. The van der Waals surface area contributed by atoms with Crippen LogP contribution in [-0.2, 0) is 27.9 Å². The molecule has 3 rings (SSSR count). The Hall–Kier alpha value is -3.24. The summed E-state index contributed by atoms with van der Waals surface area (Å²) in [5, 5.41) is 5.84. The number of carbonyl (C=O) groups excluding carboxylic acids is 1. The Morgan fingerprint density at radius 1 is 1.00 bits per heavy atom. The van der Waals surface area contributed by atoms with Gasteiger partial charge in [0.1, 0.15) is 0 Å². The maximum absolute atomic E-state index is 12.5. The lowest BCUT2D eigenvalue weighted by Crippen LogP contribution is -2.32. The monoisotopic (exact) mass is 458 g/mol. The molecule has 2 aromatic carbocycles. The van der Waals surface area contributed by atoms with Crippen molar-refractivity contribution in [2.24, 2.45) is 0 Å². The number of aryl methyl sites for hydroxylation is 1. The van der Waals surface area contributed by atoms with E-state index in [0.29, 0.717) is 23.9 Å². The highest BCUT2D eigenvalue weighted by atomic mass is 32.2. The second kappa shape index (κ2) is 9.92. The van der Waals surface area contributed by atoms with Crippen LogP contribution in [0.1, 0.15) is 25.8 Å². The van der Waals surface area contributed by atoms with Gasteiger partial charge in [0.05, 0.1) is 22.2 Å². The number of amides is 1. The Kier molecular flexibility index (Phi) is 7.26. The Labute approximate surface area is 185 Å². The minimum atomic E-state index is -3.53. The number of hydrogen-bond donors (Lipinski definition) is 2. The number of aromatic amines is 1. The molecule has 0 unspecified atom stereocenters. The molecule has 0 aliphatic carbocycles. The molecule has 2 N–H and O–H groups in total. The van der Waals surface area contributed by atoms with Crippen LogP contribution >= 0.6 is 0 Å². The molecule has 1 heterocycles. The molecule has 170 valence electrons. The number of hydrogen-bond acceptors (Lipinski definition) is 5. The Bertz CT molecular complexity index is 1320. The molecule has 0 spiro atoms. The van der Waals surface area contributed by atoms with E-state index in [2.05, 4.69) is 10.4 Å².